The molecule has 0 N–H and O–H groups in total. The highest BCUT2D eigenvalue weighted by Crippen LogP contribution is 2.44. The summed E-state index contributed by atoms with van der Waals surface area (Å²) >= 11 is 6.56. The molecule has 3 aromatic carbocycles. The Bertz CT molecular complexity index is 1440. The van der Waals surface area contributed by atoms with Crippen molar-refractivity contribution in [2.75, 3.05) is 39.6 Å². The zero-order chi connectivity index (χ0) is 36.7. The zero-order valence-electron chi connectivity index (χ0n) is 31.5. The average molecular weight is 729 g/mol. The molecular weight excluding hydrogens is 668 g/mol. The molecule has 0 aliphatic carbocycles. The van der Waals surface area contributed by atoms with E-state index in [1.54, 1.807) is 0 Å². The second-order valence-electron chi connectivity index (χ2n) is 13.2. The maximum Gasteiger partial charge on any atom is 0.306 e. The molecular formula is C42H61ClO8. The Hall–Kier alpha value is -3.07. The van der Waals surface area contributed by atoms with Crippen LogP contribution >= 0.6 is 11.6 Å². The van der Waals surface area contributed by atoms with Gasteiger partial charge in [0.15, 0.2) is 12.2 Å². The standard InChI is InChI=1S/C42H61ClO8/c1-5-9-11-13-15-21-39(44)50-33(28-46-25-7-3)30-48-41-35-19-17-18-20-36(35)42(38-27-32(43)23-24-37(38)41)49-31-34(29-47-26-8-4)51-40(45)22-16-14-12-10-6-2/h17-20,23-24,27,33-34H,5-16,21-22,25-26,28-31H2,1-4H3. The molecule has 284 valence electrons. The van der Waals surface area contributed by atoms with E-state index in [4.69, 9.17) is 40.0 Å². The first kappa shape index (κ1) is 42.3. The Morgan fingerprint density at radius 3 is 1.47 bits per heavy atom. The van der Waals surface area contributed by atoms with Crippen molar-refractivity contribution in [1.29, 1.82) is 0 Å². The van der Waals surface area contributed by atoms with Crippen molar-refractivity contribution in [3.8, 4) is 11.5 Å². The van der Waals surface area contributed by atoms with Crippen LogP contribution in [0.1, 0.15) is 118 Å². The van der Waals surface area contributed by atoms with Crippen LogP contribution in [0.25, 0.3) is 21.5 Å². The van der Waals surface area contributed by atoms with Gasteiger partial charge in [-0.25, -0.2) is 0 Å². The predicted octanol–water partition coefficient (Wildman–Crippen LogP) is 10.8. The van der Waals surface area contributed by atoms with Gasteiger partial charge in [0.2, 0.25) is 0 Å². The summed E-state index contributed by atoms with van der Waals surface area (Å²) in [4.78, 5) is 25.6. The number of hydrogen-bond acceptors (Lipinski definition) is 8. The first-order valence-electron chi connectivity index (χ1n) is 19.4. The number of carbonyl (C=O) groups is 2. The largest absolute Gasteiger partial charge is 0.488 e. The summed E-state index contributed by atoms with van der Waals surface area (Å²) in [6.07, 6.45) is 11.9. The molecule has 3 aromatic rings. The van der Waals surface area contributed by atoms with Crippen LogP contribution in [0.5, 0.6) is 11.5 Å². The molecule has 0 aromatic heterocycles. The zero-order valence-corrected chi connectivity index (χ0v) is 32.2. The minimum atomic E-state index is -0.575. The lowest BCUT2D eigenvalue weighted by molar-refractivity contribution is -0.155. The molecule has 2 unspecified atom stereocenters. The minimum Gasteiger partial charge on any atom is -0.488 e. The molecule has 0 saturated heterocycles. The molecule has 2 atom stereocenters. The van der Waals surface area contributed by atoms with E-state index in [0.717, 1.165) is 85.8 Å². The summed E-state index contributed by atoms with van der Waals surface area (Å²) in [5, 5.41) is 3.76. The highest BCUT2D eigenvalue weighted by Gasteiger charge is 2.22. The van der Waals surface area contributed by atoms with Crippen LogP contribution in [0, 0.1) is 0 Å². The monoisotopic (exact) mass is 728 g/mol. The molecule has 0 heterocycles. The highest BCUT2D eigenvalue weighted by molar-refractivity contribution is 6.31. The van der Waals surface area contributed by atoms with Gasteiger partial charge in [0.25, 0.3) is 0 Å². The van der Waals surface area contributed by atoms with E-state index in [1.165, 1.54) is 12.8 Å². The van der Waals surface area contributed by atoms with Crippen molar-refractivity contribution in [3.05, 3.63) is 47.5 Å². The maximum atomic E-state index is 12.8. The molecule has 0 spiro atoms. The number of esters is 2. The van der Waals surface area contributed by atoms with E-state index in [1.807, 2.05) is 56.3 Å². The lowest BCUT2D eigenvalue weighted by Crippen LogP contribution is -2.30. The fourth-order valence-electron chi connectivity index (χ4n) is 5.92. The van der Waals surface area contributed by atoms with Gasteiger partial charge < -0.3 is 28.4 Å². The van der Waals surface area contributed by atoms with Crippen molar-refractivity contribution in [1.82, 2.24) is 0 Å². The molecule has 3 rings (SSSR count). The van der Waals surface area contributed by atoms with Gasteiger partial charge in [0, 0.05) is 52.6 Å². The number of halogens is 1. The van der Waals surface area contributed by atoms with Gasteiger partial charge in [0.05, 0.1) is 13.2 Å². The fraction of sp³-hybridized carbons (Fsp3) is 0.619. The van der Waals surface area contributed by atoms with E-state index in [0.29, 0.717) is 42.6 Å². The Labute approximate surface area is 310 Å². The molecule has 0 bridgehead atoms. The first-order valence-corrected chi connectivity index (χ1v) is 19.7. The van der Waals surface area contributed by atoms with Crippen molar-refractivity contribution >= 4 is 45.1 Å². The molecule has 8 nitrogen and oxygen atoms in total. The van der Waals surface area contributed by atoms with Crippen molar-refractivity contribution in [3.63, 3.8) is 0 Å². The Morgan fingerprint density at radius 1 is 0.549 bits per heavy atom. The van der Waals surface area contributed by atoms with E-state index >= 15 is 0 Å². The van der Waals surface area contributed by atoms with Crippen molar-refractivity contribution in [2.24, 2.45) is 0 Å². The van der Waals surface area contributed by atoms with Crippen LogP contribution in [-0.2, 0) is 28.5 Å². The number of hydrogen-bond donors (Lipinski definition) is 0. The van der Waals surface area contributed by atoms with Gasteiger partial charge in [-0.15, -0.1) is 0 Å². The quantitative estimate of drug-likeness (QED) is 0.0415. The lowest BCUT2D eigenvalue weighted by atomic mass is 10.0. The van der Waals surface area contributed by atoms with Crippen molar-refractivity contribution < 1.29 is 38.0 Å². The van der Waals surface area contributed by atoms with Crippen LogP contribution in [-0.4, -0.2) is 63.8 Å². The fourth-order valence-corrected chi connectivity index (χ4v) is 6.09. The summed E-state index contributed by atoms with van der Waals surface area (Å²) in [6, 6.07) is 13.4. The summed E-state index contributed by atoms with van der Waals surface area (Å²) in [6.45, 7) is 10.3. The Morgan fingerprint density at radius 2 is 1.00 bits per heavy atom. The third-order valence-corrected chi connectivity index (χ3v) is 8.82. The average Bonchev–Trinajstić information content (AvgIpc) is 3.12. The molecule has 0 fully saturated rings. The van der Waals surface area contributed by atoms with Crippen LogP contribution < -0.4 is 9.47 Å². The third-order valence-electron chi connectivity index (χ3n) is 8.58. The van der Waals surface area contributed by atoms with Gasteiger partial charge in [-0.1, -0.05) is 115 Å². The van der Waals surface area contributed by atoms with Gasteiger partial charge in [-0.2, -0.15) is 0 Å². The smallest absolute Gasteiger partial charge is 0.306 e. The molecule has 0 amide bonds. The maximum absolute atomic E-state index is 12.8. The predicted molar refractivity (Wildman–Crippen MR) is 206 cm³/mol. The molecule has 0 aliphatic rings. The number of rotatable bonds is 28. The summed E-state index contributed by atoms with van der Waals surface area (Å²) in [5.41, 5.74) is 0. The second kappa shape index (κ2) is 25.0. The van der Waals surface area contributed by atoms with Crippen LogP contribution in [0.3, 0.4) is 0 Å². The number of unbranched alkanes of at least 4 members (excludes halogenated alkanes) is 8. The SMILES string of the molecule is CCCCCCCC(=O)OC(COCCC)COc1c2ccccc2c(OCC(COCCC)OC(=O)CCCCCCC)c2cc(Cl)ccc12. The summed E-state index contributed by atoms with van der Waals surface area (Å²) in [7, 11) is 0. The van der Waals surface area contributed by atoms with Crippen LogP contribution in [0.15, 0.2) is 42.5 Å². The summed E-state index contributed by atoms with van der Waals surface area (Å²) < 4.78 is 36.5. The number of ether oxygens (including phenoxy) is 6. The topological polar surface area (TPSA) is 89.5 Å². The van der Waals surface area contributed by atoms with Gasteiger partial charge in [-0.05, 0) is 43.9 Å². The van der Waals surface area contributed by atoms with Crippen LogP contribution in [0.4, 0.5) is 0 Å². The Balaban J connectivity index is 1.84. The van der Waals surface area contributed by atoms with Crippen LogP contribution in [0.2, 0.25) is 5.02 Å². The third kappa shape index (κ3) is 15.2. The van der Waals surface area contributed by atoms with E-state index in [-0.39, 0.29) is 38.4 Å². The molecule has 0 saturated carbocycles. The second-order valence-corrected chi connectivity index (χ2v) is 13.7. The number of benzene rings is 3. The van der Waals surface area contributed by atoms with Gasteiger partial charge in [0.1, 0.15) is 24.7 Å². The van der Waals surface area contributed by atoms with E-state index in [2.05, 4.69) is 13.8 Å². The number of fused-ring (bicyclic) bond motifs is 2. The van der Waals surface area contributed by atoms with Crippen molar-refractivity contribution in [2.45, 2.75) is 130 Å². The highest BCUT2D eigenvalue weighted by atomic mass is 35.5. The number of carbonyl (C=O) groups excluding carboxylic acids is 2. The normalized spacial score (nSPS) is 12.6. The Kier molecular flexibility index (Phi) is 20.8. The molecule has 0 aliphatic heterocycles. The molecule has 51 heavy (non-hydrogen) atoms. The lowest BCUT2D eigenvalue weighted by Gasteiger charge is -2.23. The molecule has 0 radical (unpaired) electrons. The minimum absolute atomic E-state index is 0.113. The molecule has 9 heteroatoms. The van der Waals surface area contributed by atoms with Gasteiger partial charge in [-0.3, -0.25) is 9.59 Å². The van der Waals surface area contributed by atoms with Gasteiger partial charge >= 0.3 is 11.9 Å². The summed E-state index contributed by atoms with van der Waals surface area (Å²) in [5.74, 6) is 0.776. The first-order chi connectivity index (χ1) is 24.9. The van der Waals surface area contributed by atoms with E-state index < -0.39 is 12.2 Å². The van der Waals surface area contributed by atoms with E-state index in [9.17, 15) is 9.59 Å².